The fourth-order valence-corrected chi connectivity index (χ4v) is 12.4. The number of rotatable bonds is 2. The summed E-state index contributed by atoms with van der Waals surface area (Å²) >= 11 is 0.514. The van der Waals surface area contributed by atoms with Gasteiger partial charge in [0.05, 0.1) is 0 Å². The molecule has 0 spiro atoms. The van der Waals surface area contributed by atoms with Gasteiger partial charge in [0.15, 0.2) is 0 Å². The van der Waals surface area contributed by atoms with Crippen LogP contribution in [-0.2, 0) is 0 Å². The van der Waals surface area contributed by atoms with Crippen molar-refractivity contribution in [2.24, 2.45) is 0 Å². The first-order chi connectivity index (χ1) is 21.3. The molecule has 43 heavy (non-hydrogen) atoms. The summed E-state index contributed by atoms with van der Waals surface area (Å²) < 4.78 is 8.33. The summed E-state index contributed by atoms with van der Waals surface area (Å²) in [6, 6.07) is 45.9. The predicted molar refractivity (Wildman–Crippen MR) is 183 cm³/mol. The molecule has 3 nitrogen and oxygen atoms in total. The van der Waals surface area contributed by atoms with Gasteiger partial charge in [0.2, 0.25) is 0 Å². The molecule has 0 saturated carbocycles. The molecule has 4 aromatic heterocycles. The van der Waals surface area contributed by atoms with Crippen molar-refractivity contribution in [2.75, 3.05) is 0 Å². The molecule has 0 aliphatic carbocycles. The molecule has 0 aliphatic rings. The van der Waals surface area contributed by atoms with E-state index in [1.807, 2.05) is 0 Å². The van der Waals surface area contributed by atoms with Crippen molar-refractivity contribution in [1.29, 1.82) is 0 Å². The van der Waals surface area contributed by atoms with Gasteiger partial charge in [-0.25, -0.2) is 0 Å². The Hall–Kier alpha value is -4.50. The summed E-state index contributed by atoms with van der Waals surface area (Å²) in [6.07, 6.45) is 0. The van der Waals surface area contributed by atoms with E-state index in [9.17, 15) is 0 Å². The summed E-state index contributed by atoms with van der Waals surface area (Å²) in [7, 11) is 0. The van der Waals surface area contributed by atoms with Crippen LogP contribution in [0, 0.1) is 0 Å². The third kappa shape index (κ3) is 3.31. The maximum absolute atomic E-state index is 5.55. The molecule has 0 fully saturated rings. The Morgan fingerprint density at radius 2 is 0.930 bits per heavy atom. The quantitative estimate of drug-likeness (QED) is 0.135. The topological polar surface area (TPSA) is 30.7 Å². The van der Waals surface area contributed by atoms with E-state index in [-0.39, 0.29) is 29.0 Å². The summed E-state index contributed by atoms with van der Waals surface area (Å²) in [5.74, 6) is 0.754. The third-order valence-corrected chi connectivity index (χ3v) is 14.2. The molecule has 0 atom stereocenters. The second-order valence-corrected chi connectivity index (χ2v) is 15.4. The van der Waals surface area contributed by atoms with Gasteiger partial charge in [0, 0.05) is 0 Å². The normalized spacial score (nSPS) is 12.2. The summed E-state index contributed by atoms with van der Waals surface area (Å²) in [5.41, 5.74) is 5.67. The van der Waals surface area contributed by atoms with Gasteiger partial charge in [-0.1, -0.05) is 0 Å². The monoisotopic (exact) mass is 679 g/mol. The van der Waals surface area contributed by atoms with Crippen LogP contribution in [0.1, 0.15) is 0 Å². The van der Waals surface area contributed by atoms with Gasteiger partial charge in [0.1, 0.15) is 0 Å². The minimum atomic E-state index is 0.257. The van der Waals surface area contributed by atoms with Gasteiger partial charge in [-0.15, -0.1) is 0 Å². The summed E-state index contributed by atoms with van der Waals surface area (Å²) in [6.45, 7) is 0. The zero-order valence-corrected chi connectivity index (χ0v) is 26.2. The van der Waals surface area contributed by atoms with E-state index in [1.54, 1.807) is 0 Å². The van der Waals surface area contributed by atoms with Gasteiger partial charge in [-0.3, -0.25) is 0 Å². The number of hydrogen-bond donors (Lipinski definition) is 0. The van der Waals surface area contributed by atoms with Crippen molar-refractivity contribution in [3.8, 4) is 17.2 Å². The molecule has 6 aromatic carbocycles. The SMILES string of the molecule is c1ccc(-c2nc(-n3c4c5ccccc5[se]c4c4[se]c5ccccc5c43)nc3c4ccccc4c4ccccc4c23)cc1. The number of fused-ring (bicyclic) bond motifs is 13. The summed E-state index contributed by atoms with van der Waals surface area (Å²) in [4.78, 5) is 11.1. The van der Waals surface area contributed by atoms with Crippen molar-refractivity contribution in [1.82, 2.24) is 14.5 Å². The average molecular weight is 678 g/mol. The van der Waals surface area contributed by atoms with E-state index < -0.39 is 0 Å². The van der Waals surface area contributed by atoms with E-state index in [2.05, 4.69) is 132 Å². The third-order valence-electron chi connectivity index (χ3n) is 8.61. The molecular formula is C38H21N3Se2. The average Bonchev–Trinajstić information content (AvgIpc) is 3.73. The number of nitrogens with zero attached hydrogens (tertiary/aromatic N) is 3. The van der Waals surface area contributed by atoms with Crippen LogP contribution in [0.25, 0.3) is 88.5 Å². The maximum atomic E-state index is 5.55. The Balaban J connectivity index is 1.47. The Bertz CT molecular complexity index is 2640. The first-order valence-corrected chi connectivity index (χ1v) is 17.8. The molecule has 4 heterocycles. The van der Waals surface area contributed by atoms with Crippen LogP contribution in [0.5, 0.6) is 0 Å². The van der Waals surface area contributed by atoms with E-state index in [1.165, 1.54) is 55.0 Å². The van der Waals surface area contributed by atoms with Crippen molar-refractivity contribution >= 4 is 100 Å². The molecule has 0 radical (unpaired) electrons. The van der Waals surface area contributed by atoms with Crippen molar-refractivity contribution < 1.29 is 0 Å². The van der Waals surface area contributed by atoms with Crippen LogP contribution >= 0.6 is 0 Å². The van der Waals surface area contributed by atoms with E-state index >= 15 is 0 Å². The van der Waals surface area contributed by atoms with Crippen molar-refractivity contribution in [3.05, 3.63) is 127 Å². The first-order valence-electron chi connectivity index (χ1n) is 14.4. The zero-order chi connectivity index (χ0) is 28.1. The van der Waals surface area contributed by atoms with Gasteiger partial charge in [-0.05, 0) is 0 Å². The molecule has 5 heteroatoms. The van der Waals surface area contributed by atoms with Crippen LogP contribution in [0.15, 0.2) is 127 Å². The van der Waals surface area contributed by atoms with Crippen LogP contribution in [0.4, 0.5) is 0 Å². The Labute approximate surface area is 258 Å². The van der Waals surface area contributed by atoms with Crippen molar-refractivity contribution in [3.63, 3.8) is 0 Å². The standard InChI is InChI=1S/C38H21N3Se2/c1-2-12-22(13-3-1)32-31-25-16-6-4-14-23(25)24-15-5-7-17-26(24)33(31)40-38(39-32)41-34-27-18-8-10-20-29(27)42-36(34)37-35(41)28-19-9-11-21-30(28)43-37/h1-21H. The molecule has 200 valence electrons. The van der Waals surface area contributed by atoms with Gasteiger partial charge in [-0.2, -0.15) is 0 Å². The van der Waals surface area contributed by atoms with E-state index in [0.717, 1.165) is 33.5 Å². The molecule has 10 aromatic rings. The Morgan fingerprint density at radius 3 is 1.56 bits per heavy atom. The fraction of sp³-hybridized carbons (Fsp3) is 0. The molecule has 0 bridgehead atoms. The van der Waals surface area contributed by atoms with Gasteiger partial charge < -0.3 is 0 Å². The Kier molecular flexibility index (Phi) is 5.02. The van der Waals surface area contributed by atoms with Crippen molar-refractivity contribution in [2.45, 2.75) is 0 Å². The minimum absolute atomic E-state index is 0.257. The molecule has 0 unspecified atom stereocenters. The number of hydrogen-bond acceptors (Lipinski definition) is 2. The zero-order valence-electron chi connectivity index (χ0n) is 22.8. The number of aromatic nitrogens is 3. The second kappa shape index (κ2) is 9.00. The van der Waals surface area contributed by atoms with Gasteiger partial charge >= 0.3 is 259 Å². The molecule has 0 N–H and O–H groups in total. The Morgan fingerprint density at radius 1 is 0.442 bits per heavy atom. The summed E-state index contributed by atoms with van der Waals surface area (Å²) in [5, 5.41) is 8.56. The van der Waals surface area contributed by atoms with E-state index in [0.29, 0.717) is 0 Å². The van der Waals surface area contributed by atoms with Crippen LogP contribution < -0.4 is 0 Å². The van der Waals surface area contributed by atoms with Crippen LogP contribution in [-0.4, -0.2) is 43.5 Å². The molecule has 0 saturated heterocycles. The molecule has 10 rings (SSSR count). The number of benzene rings is 6. The fourth-order valence-electron chi connectivity index (χ4n) is 6.79. The molecule has 0 amide bonds. The predicted octanol–water partition coefficient (Wildman–Crippen LogP) is 9.12. The molecular weight excluding hydrogens is 656 g/mol. The second-order valence-electron chi connectivity index (χ2n) is 10.9. The van der Waals surface area contributed by atoms with Crippen LogP contribution in [0.2, 0.25) is 0 Å². The van der Waals surface area contributed by atoms with Crippen LogP contribution in [0.3, 0.4) is 0 Å². The first kappa shape index (κ1) is 24.0. The molecule has 0 aliphatic heterocycles. The van der Waals surface area contributed by atoms with E-state index in [4.69, 9.17) is 9.97 Å². The van der Waals surface area contributed by atoms with Gasteiger partial charge in [0.25, 0.3) is 0 Å².